The summed E-state index contributed by atoms with van der Waals surface area (Å²) >= 11 is 0. The van der Waals surface area contributed by atoms with Crippen LogP contribution in [0.4, 0.5) is 5.82 Å². The van der Waals surface area contributed by atoms with Gasteiger partial charge in [-0.2, -0.15) is 0 Å². The first-order chi connectivity index (χ1) is 8.72. The van der Waals surface area contributed by atoms with E-state index in [0.717, 1.165) is 6.54 Å². The molecule has 1 atom stereocenters. The summed E-state index contributed by atoms with van der Waals surface area (Å²) in [6.45, 7) is 5.23. The molecule has 1 aliphatic rings. The van der Waals surface area contributed by atoms with Crippen molar-refractivity contribution in [2.24, 2.45) is 5.92 Å². The second kappa shape index (κ2) is 6.19. The smallest absolute Gasteiger partial charge is 0.128 e. The third-order valence-corrected chi connectivity index (χ3v) is 3.97. The average molecular weight is 247 g/mol. The summed E-state index contributed by atoms with van der Waals surface area (Å²) < 4.78 is 0. The molecule has 18 heavy (non-hydrogen) atoms. The molecule has 3 nitrogen and oxygen atoms in total. The summed E-state index contributed by atoms with van der Waals surface area (Å²) in [6.07, 6.45) is 8.56. The molecule has 1 aromatic heterocycles. The third-order valence-electron chi connectivity index (χ3n) is 3.97. The lowest BCUT2D eigenvalue weighted by molar-refractivity contribution is 0.274. The highest BCUT2D eigenvalue weighted by Gasteiger charge is 2.26. The van der Waals surface area contributed by atoms with Gasteiger partial charge in [-0.1, -0.05) is 26.2 Å². The summed E-state index contributed by atoms with van der Waals surface area (Å²) in [6, 6.07) is 2.58. The van der Waals surface area contributed by atoms with Crippen molar-refractivity contribution in [3.05, 3.63) is 23.4 Å². The van der Waals surface area contributed by atoms with Gasteiger partial charge in [-0.05, 0) is 43.9 Å². The molecule has 1 heterocycles. The van der Waals surface area contributed by atoms with Gasteiger partial charge >= 0.3 is 0 Å². The molecular formula is C15H25N3. The SMILES string of the molecule is CCNC(c1cc(C)cnc1N)C1CCCCC1. The van der Waals surface area contributed by atoms with Crippen LogP contribution >= 0.6 is 0 Å². The maximum atomic E-state index is 6.08. The van der Waals surface area contributed by atoms with E-state index in [4.69, 9.17) is 5.73 Å². The van der Waals surface area contributed by atoms with Crippen molar-refractivity contribution in [2.75, 3.05) is 12.3 Å². The molecule has 1 saturated carbocycles. The van der Waals surface area contributed by atoms with Crippen LogP contribution < -0.4 is 11.1 Å². The Morgan fingerprint density at radius 3 is 2.78 bits per heavy atom. The second-order valence-corrected chi connectivity index (χ2v) is 5.42. The highest BCUT2D eigenvalue weighted by atomic mass is 14.9. The van der Waals surface area contributed by atoms with Crippen molar-refractivity contribution in [3.63, 3.8) is 0 Å². The number of pyridine rings is 1. The first-order valence-electron chi connectivity index (χ1n) is 7.17. The highest BCUT2D eigenvalue weighted by Crippen LogP contribution is 2.36. The number of anilines is 1. The monoisotopic (exact) mass is 247 g/mol. The van der Waals surface area contributed by atoms with Crippen molar-refractivity contribution < 1.29 is 0 Å². The Kier molecular flexibility index (Phi) is 4.59. The average Bonchev–Trinajstić information content (AvgIpc) is 2.40. The zero-order valence-electron chi connectivity index (χ0n) is 11.6. The molecular weight excluding hydrogens is 222 g/mol. The normalized spacial score (nSPS) is 18.8. The number of aryl methyl sites for hydroxylation is 1. The van der Waals surface area contributed by atoms with E-state index in [1.54, 1.807) is 0 Å². The molecule has 0 spiro atoms. The predicted molar refractivity (Wildman–Crippen MR) is 76.4 cm³/mol. The van der Waals surface area contributed by atoms with Crippen LogP contribution in [0.15, 0.2) is 12.3 Å². The Hall–Kier alpha value is -1.09. The molecule has 0 amide bonds. The second-order valence-electron chi connectivity index (χ2n) is 5.42. The van der Waals surface area contributed by atoms with Crippen LogP contribution in [0.2, 0.25) is 0 Å². The Balaban J connectivity index is 2.24. The van der Waals surface area contributed by atoms with Crippen LogP contribution in [0.5, 0.6) is 0 Å². The number of nitrogen functional groups attached to an aromatic ring is 1. The topological polar surface area (TPSA) is 50.9 Å². The maximum absolute atomic E-state index is 6.08. The van der Waals surface area contributed by atoms with Gasteiger partial charge in [-0.3, -0.25) is 0 Å². The quantitative estimate of drug-likeness (QED) is 0.859. The van der Waals surface area contributed by atoms with Gasteiger partial charge < -0.3 is 11.1 Å². The fourth-order valence-corrected chi connectivity index (χ4v) is 3.07. The molecule has 0 aliphatic heterocycles. The third kappa shape index (κ3) is 3.02. The van der Waals surface area contributed by atoms with Crippen LogP contribution in [-0.2, 0) is 0 Å². The molecule has 0 saturated heterocycles. The molecule has 3 N–H and O–H groups in total. The van der Waals surface area contributed by atoms with E-state index in [1.165, 1.54) is 43.2 Å². The fourth-order valence-electron chi connectivity index (χ4n) is 3.07. The van der Waals surface area contributed by atoms with Crippen LogP contribution in [0.1, 0.15) is 56.2 Å². The summed E-state index contributed by atoms with van der Waals surface area (Å²) in [7, 11) is 0. The molecule has 1 aliphatic carbocycles. The molecule has 2 rings (SSSR count). The first kappa shape index (κ1) is 13.3. The minimum absolute atomic E-state index is 0.378. The standard InChI is InChI=1S/C15H25N3/c1-3-17-14(12-7-5-4-6-8-12)13-9-11(2)10-18-15(13)16/h9-10,12,14,17H,3-8H2,1-2H3,(H2,16,18). The predicted octanol–water partition coefficient (Wildman–Crippen LogP) is 3.20. The Morgan fingerprint density at radius 2 is 2.11 bits per heavy atom. The molecule has 0 radical (unpaired) electrons. The van der Waals surface area contributed by atoms with Gasteiger partial charge in [-0.25, -0.2) is 4.98 Å². The lowest BCUT2D eigenvalue weighted by atomic mass is 9.81. The highest BCUT2D eigenvalue weighted by molar-refractivity contribution is 5.43. The summed E-state index contributed by atoms with van der Waals surface area (Å²) in [4.78, 5) is 4.31. The van der Waals surface area contributed by atoms with Crippen molar-refractivity contribution in [3.8, 4) is 0 Å². The van der Waals surface area contributed by atoms with Gasteiger partial charge in [0.1, 0.15) is 5.82 Å². The van der Waals surface area contributed by atoms with Crippen molar-refractivity contribution in [1.29, 1.82) is 0 Å². The van der Waals surface area contributed by atoms with Crippen LogP contribution in [0.25, 0.3) is 0 Å². The van der Waals surface area contributed by atoms with E-state index in [0.29, 0.717) is 17.8 Å². The zero-order chi connectivity index (χ0) is 13.0. The Bertz CT molecular complexity index is 383. The largest absolute Gasteiger partial charge is 0.383 e. The molecule has 0 bridgehead atoms. The fraction of sp³-hybridized carbons (Fsp3) is 0.667. The number of aromatic nitrogens is 1. The summed E-state index contributed by atoms with van der Waals surface area (Å²) in [5.41, 5.74) is 8.47. The number of rotatable bonds is 4. The molecule has 3 heteroatoms. The van der Waals surface area contributed by atoms with Crippen molar-refractivity contribution >= 4 is 5.82 Å². The van der Waals surface area contributed by atoms with E-state index in [9.17, 15) is 0 Å². The van der Waals surface area contributed by atoms with Crippen molar-refractivity contribution in [1.82, 2.24) is 10.3 Å². The van der Waals surface area contributed by atoms with Crippen LogP contribution in [0, 0.1) is 12.8 Å². The summed E-state index contributed by atoms with van der Waals surface area (Å²) in [5, 5.41) is 3.62. The summed E-state index contributed by atoms with van der Waals surface area (Å²) in [5.74, 6) is 1.40. The Morgan fingerprint density at radius 1 is 1.39 bits per heavy atom. The number of hydrogen-bond donors (Lipinski definition) is 2. The van der Waals surface area contributed by atoms with Gasteiger partial charge in [0, 0.05) is 17.8 Å². The molecule has 1 unspecified atom stereocenters. The van der Waals surface area contributed by atoms with Gasteiger partial charge in [0.05, 0.1) is 0 Å². The molecule has 100 valence electrons. The number of nitrogens with one attached hydrogen (secondary N) is 1. The minimum atomic E-state index is 0.378. The van der Waals surface area contributed by atoms with E-state index in [2.05, 4.69) is 30.2 Å². The van der Waals surface area contributed by atoms with Crippen LogP contribution in [0.3, 0.4) is 0 Å². The van der Waals surface area contributed by atoms with E-state index in [-0.39, 0.29) is 0 Å². The lowest BCUT2D eigenvalue weighted by Gasteiger charge is -2.31. The van der Waals surface area contributed by atoms with E-state index < -0.39 is 0 Å². The van der Waals surface area contributed by atoms with E-state index in [1.807, 2.05) is 6.20 Å². The lowest BCUT2D eigenvalue weighted by Crippen LogP contribution is -2.30. The molecule has 1 fully saturated rings. The minimum Gasteiger partial charge on any atom is -0.383 e. The number of nitrogens with two attached hydrogens (primary N) is 1. The number of hydrogen-bond acceptors (Lipinski definition) is 3. The maximum Gasteiger partial charge on any atom is 0.128 e. The molecule has 1 aromatic rings. The van der Waals surface area contributed by atoms with Crippen LogP contribution in [-0.4, -0.2) is 11.5 Å². The first-order valence-corrected chi connectivity index (χ1v) is 7.17. The van der Waals surface area contributed by atoms with Gasteiger partial charge in [0.25, 0.3) is 0 Å². The van der Waals surface area contributed by atoms with Gasteiger partial charge in [0.2, 0.25) is 0 Å². The van der Waals surface area contributed by atoms with Gasteiger partial charge in [0.15, 0.2) is 0 Å². The van der Waals surface area contributed by atoms with E-state index >= 15 is 0 Å². The van der Waals surface area contributed by atoms with Crippen molar-refractivity contribution in [2.45, 2.75) is 52.0 Å². The van der Waals surface area contributed by atoms with Gasteiger partial charge in [-0.15, -0.1) is 0 Å². The number of nitrogens with zero attached hydrogens (tertiary/aromatic N) is 1. The molecule has 0 aromatic carbocycles. The Labute approximate surface area is 110 Å². The zero-order valence-corrected chi connectivity index (χ0v) is 11.6.